The van der Waals surface area contributed by atoms with Crippen LogP contribution in [-0.4, -0.2) is 48.2 Å². The summed E-state index contributed by atoms with van der Waals surface area (Å²) in [4.78, 5) is 6.94. The second-order valence-electron chi connectivity index (χ2n) is 7.58. The van der Waals surface area contributed by atoms with Crippen molar-refractivity contribution in [1.82, 2.24) is 15.5 Å². The first-order valence-corrected chi connectivity index (χ1v) is 10.9. The molecule has 0 aromatic heterocycles. The molecule has 1 atom stereocenters. The van der Waals surface area contributed by atoms with Gasteiger partial charge in [0, 0.05) is 42.8 Å². The Morgan fingerprint density at radius 3 is 2.57 bits per heavy atom. The van der Waals surface area contributed by atoms with E-state index in [4.69, 9.17) is 11.6 Å². The summed E-state index contributed by atoms with van der Waals surface area (Å²) >= 11 is 6.17. The van der Waals surface area contributed by atoms with Crippen LogP contribution in [0.25, 0.3) is 0 Å². The number of piperidine rings is 1. The van der Waals surface area contributed by atoms with Gasteiger partial charge in [0.05, 0.1) is 6.54 Å². The Bertz CT molecular complexity index is 822. The van der Waals surface area contributed by atoms with Gasteiger partial charge in [-0.15, -0.1) is 0 Å². The summed E-state index contributed by atoms with van der Waals surface area (Å²) in [6.07, 6.45) is 1.25. The summed E-state index contributed by atoms with van der Waals surface area (Å²) in [6.45, 7) is 5.78. The monoisotopic (exact) mass is 432 g/mol. The number of nitrogens with zero attached hydrogens (tertiary/aromatic N) is 2. The molecule has 0 bridgehead atoms. The van der Waals surface area contributed by atoms with Gasteiger partial charge in [-0.1, -0.05) is 41.9 Å². The fraction of sp³-hybridized carbons (Fsp3) is 0.435. The van der Waals surface area contributed by atoms with Gasteiger partial charge in [-0.05, 0) is 43.5 Å². The average Bonchev–Trinajstić information content (AvgIpc) is 2.75. The highest BCUT2D eigenvalue weighted by molar-refractivity contribution is 6.31. The summed E-state index contributed by atoms with van der Waals surface area (Å²) in [7, 11) is 0. The molecule has 3 rings (SSSR count). The minimum Gasteiger partial charge on any atom is -0.386 e. The van der Waals surface area contributed by atoms with Crippen molar-refractivity contribution in [3.63, 3.8) is 0 Å². The van der Waals surface area contributed by atoms with Crippen LogP contribution in [0.2, 0.25) is 5.02 Å². The largest absolute Gasteiger partial charge is 0.386 e. The molecule has 0 radical (unpaired) electrons. The maximum atomic E-state index is 13.1. The molecular weight excluding hydrogens is 403 g/mol. The van der Waals surface area contributed by atoms with Crippen molar-refractivity contribution in [3.05, 3.63) is 70.5 Å². The van der Waals surface area contributed by atoms with Crippen molar-refractivity contribution in [2.75, 3.05) is 26.2 Å². The zero-order chi connectivity index (χ0) is 21.3. The van der Waals surface area contributed by atoms with Crippen molar-refractivity contribution in [2.24, 2.45) is 4.99 Å². The van der Waals surface area contributed by atoms with Gasteiger partial charge in [-0.3, -0.25) is 9.89 Å². The standard InChI is InChI=1S/C23H30ClFN4O/c1-2-26-23(27-15-22(30)20-5-3-4-6-21(20)24)28-19-11-13-29(14-12-19)16-17-7-9-18(25)10-8-17/h3-10,19,22,30H,2,11-16H2,1H3,(H2,26,27,28). The third kappa shape index (κ3) is 6.69. The van der Waals surface area contributed by atoms with E-state index in [9.17, 15) is 9.50 Å². The number of aliphatic hydroxyl groups excluding tert-OH is 1. The Hall–Kier alpha value is -2.15. The van der Waals surface area contributed by atoms with Gasteiger partial charge in [0.1, 0.15) is 11.9 Å². The van der Waals surface area contributed by atoms with E-state index in [-0.39, 0.29) is 12.4 Å². The van der Waals surface area contributed by atoms with Crippen LogP contribution in [0.1, 0.15) is 37.0 Å². The first-order valence-electron chi connectivity index (χ1n) is 10.5. The van der Waals surface area contributed by atoms with Crippen LogP contribution in [0.4, 0.5) is 4.39 Å². The SMILES string of the molecule is CCNC(=NCC(O)c1ccccc1Cl)NC1CCN(Cc2ccc(F)cc2)CC1. The molecule has 0 spiro atoms. The maximum absolute atomic E-state index is 13.1. The minimum absolute atomic E-state index is 0.198. The molecule has 0 amide bonds. The number of nitrogens with one attached hydrogen (secondary N) is 2. The summed E-state index contributed by atoms with van der Waals surface area (Å²) in [5.41, 5.74) is 1.82. The van der Waals surface area contributed by atoms with Gasteiger partial charge in [-0.25, -0.2) is 4.39 Å². The molecule has 1 heterocycles. The Morgan fingerprint density at radius 2 is 1.90 bits per heavy atom. The van der Waals surface area contributed by atoms with Gasteiger partial charge in [0.25, 0.3) is 0 Å². The quantitative estimate of drug-likeness (QED) is 0.461. The van der Waals surface area contributed by atoms with E-state index < -0.39 is 6.10 Å². The summed E-state index contributed by atoms with van der Waals surface area (Å²) < 4.78 is 13.1. The molecule has 30 heavy (non-hydrogen) atoms. The highest BCUT2D eigenvalue weighted by Crippen LogP contribution is 2.22. The number of guanidine groups is 1. The first kappa shape index (κ1) is 22.5. The molecule has 1 fully saturated rings. The predicted molar refractivity (Wildman–Crippen MR) is 120 cm³/mol. The number of hydrogen-bond donors (Lipinski definition) is 3. The van der Waals surface area contributed by atoms with Crippen LogP contribution < -0.4 is 10.6 Å². The molecule has 162 valence electrons. The van der Waals surface area contributed by atoms with E-state index in [0.717, 1.165) is 44.6 Å². The summed E-state index contributed by atoms with van der Waals surface area (Å²) in [5, 5.41) is 17.7. The van der Waals surface area contributed by atoms with E-state index in [0.29, 0.717) is 22.6 Å². The molecule has 1 aliphatic rings. The number of hydrogen-bond acceptors (Lipinski definition) is 3. The molecule has 2 aromatic rings. The van der Waals surface area contributed by atoms with Crippen molar-refractivity contribution < 1.29 is 9.50 Å². The predicted octanol–water partition coefficient (Wildman–Crippen LogP) is 3.73. The number of rotatable bonds is 7. The minimum atomic E-state index is -0.744. The normalized spacial score (nSPS) is 17.0. The molecule has 0 saturated carbocycles. The van der Waals surface area contributed by atoms with Crippen LogP contribution in [0, 0.1) is 5.82 Å². The van der Waals surface area contributed by atoms with Gasteiger partial charge in [-0.2, -0.15) is 0 Å². The van der Waals surface area contributed by atoms with E-state index in [1.807, 2.05) is 37.3 Å². The van der Waals surface area contributed by atoms with E-state index in [1.54, 1.807) is 6.07 Å². The van der Waals surface area contributed by atoms with Crippen LogP contribution in [0.5, 0.6) is 0 Å². The van der Waals surface area contributed by atoms with Gasteiger partial charge >= 0.3 is 0 Å². The molecule has 2 aromatic carbocycles. The topological polar surface area (TPSA) is 59.9 Å². The number of benzene rings is 2. The third-order valence-electron chi connectivity index (χ3n) is 5.28. The highest BCUT2D eigenvalue weighted by Gasteiger charge is 2.20. The summed E-state index contributed by atoms with van der Waals surface area (Å²) in [5.74, 6) is 0.511. The van der Waals surface area contributed by atoms with E-state index in [2.05, 4.69) is 20.5 Å². The van der Waals surface area contributed by atoms with Crippen molar-refractivity contribution in [2.45, 2.75) is 38.5 Å². The van der Waals surface area contributed by atoms with Crippen LogP contribution in [0.15, 0.2) is 53.5 Å². The molecule has 3 N–H and O–H groups in total. The number of aliphatic hydroxyl groups is 1. The van der Waals surface area contributed by atoms with E-state index >= 15 is 0 Å². The number of halogens is 2. The lowest BCUT2D eigenvalue weighted by Gasteiger charge is -2.33. The summed E-state index contributed by atoms with van der Waals surface area (Å²) in [6, 6.07) is 14.3. The maximum Gasteiger partial charge on any atom is 0.191 e. The second-order valence-corrected chi connectivity index (χ2v) is 7.99. The molecule has 1 aliphatic heterocycles. The second kappa shape index (κ2) is 11.3. The highest BCUT2D eigenvalue weighted by atomic mass is 35.5. The van der Waals surface area contributed by atoms with Crippen LogP contribution >= 0.6 is 11.6 Å². The molecule has 7 heteroatoms. The first-order chi connectivity index (χ1) is 14.5. The molecule has 1 saturated heterocycles. The lowest BCUT2D eigenvalue weighted by molar-refractivity contribution is 0.186. The zero-order valence-electron chi connectivity index (χ0n) is 17.3. The Morgan fingerprint density at radius 1 is 1.20 bits per heavy atom. The number of aliphatic imine (C=N–C) groups is 1. The Kier molecular flexibility index (Phi) is 8.49. The fourth-order valence-electron chi connectivity index (χ4n) is 3.62. The molecule has 0 aliphatic carbocycles. The van der Waals surface area contributed by atoms with Gasteiger partial charge in [0.15, 0.2) is 5.96 Å². The van der Waals surface area contributed by atoms with Crippen molar-refractivity contribution >= 4 is 17.6 Å². The van der Waals surface area contributed by atoms with Crippen molar-refractivity contribution in [1.29, 1.82) is 0 Å². The lowest BCUT2D eigenvalue weighted by Crippen LogP contribution is -2.48. The molecular formula is C23H30ClFN4O. The average molecular weight is 433 g/mol. The number of likely N-dealkylation sites (tertiary alicyclic amines) is 1. The van der Waals surface area contributed by atoms with Crippen LogP contribution in [0.3, 0.4) is 0 Å². The molecule has 1 unspecified atom stereocenters. The Labute approximate surface area is 183 Å². The van der Waals surface area contributed by atoms with Gasteiger partial charge < -0.3 is 15.7 Å². The van der Waals surface area contributed by atoms with Gasteiger partial charge in [0.2, 0.25) is 0 Å². The van der Waals surface area contributed by atoms with Crippen LogP contribution in [-0.2, 0) is 6.54 Å². The third-order valence-corrected chi connectivity index (χ3v) is 5.62. The fourth-order valence-corrected chi connectivity index (χ4v) is 3.88. The van der Waals surface area contributed by atoms with E-state index in [1.165, 1.54) is 12.1 Å². The Balaban J connectivity index is 1.50. The molecule has 5 nitrogen and oxygen atoms in total. The lowest BCUT2D eigenvalue weighted by atomic mass is 10.0. The smallest absolute Gasteiger partial charge is 0.191 e. The zero-order valence-corrected chi connectivity index (χ0v) is 18.1. The van der Waals surface area contributed by atoms with Crippen molar-refractivity contribution in [3.8, 4) is 0 Å².